The Morgan fingerprint density at radius 3 is 2.13 bits per heavy atom. The van der Waals surface area contributed by atoms with Gasteiger partial charge in [0.25, 0.3) is 5.69 Å². The molecular weight excluding hydrogens is 508 g/mol. The van der Waals surface area contributed by atoms with E-state index in [0.717, 1.165) is 5.56 Å². The molecule has 0 aromatic heterocycles. The molecule has 11 heteroatoms. The van der Waals surface area contributed by atoms with E-state index in [9.17, 15) is 19.7 Å². The molecule has 0 aliphatic carbocycles. The lowest BCUT2D eigenvalue weighted by molar-refractivity contribution is -0.384. The molecule has 2 aromatic carbocycles. The number of methoxy groups -OCH3 is 1. The van der Waals surface area contributed by atoms with Gasteiger partial charge in [0.05, 0.1) is 28.6 Å². The minimum atomic E-state index is -0.964. The Bertz CT molecular complexity index is 1250. The molecule has 0 spiro atoms. The van der Waals surface area contributed by atoms with Gasteiger partial charge in [0.2, 0.25) is 0 Å². The predicted molar refractivity (Wildman–Crippen MR) is 141 cm³/mol. The fourth-order valence-corrected chi connectivity index (χ4v) is 4.23. The highest BCUT2D eigenvalue weighted by molar-refractivity contribution is 6.00. The number of dihydropyridines is 1. The van der Waals surface area contributed by atoms with Gasteiger partial charge in [-0.3, -0.25) is 10.1 Å². The largest absolute Gasteiger partial charge is 0.490 e. The summed E-state index contributed by atoms with van der Waals surface area (Å²) in [6.45, 7) is 3.57. The molecular formula is C28H32N2O9. The summed E-state index contributed by atoms with van der Waals surface area (Å²) >= 11 is 0. The predicted octanol–water partition coefficient (Wildman–Crippen LogP) is 3.18. The first kappa shape index (κ1) is 29.3. The highest BCUT2D eigenvalue weighted by atomic mass is 16.6. The molecule has 0 saturated heterocycles. The van der Waals surface area contributed by atoms with Gasteiger partial charge >= 0.3 is 11.9 Å². The molecule has 1 unspecified atom stereocenters. The van der Waals surface area contributed by atoms with E-state index in [2.05, 4.69) is 5.32 Å². The molecule has 2 aromatic rings. The number of nitro benzene ring substituents is 1. The van der Waals surface area contributed by atoms with Crippen LogP contribution in [0.1, 0.15) is 30.9 Å². The van der Waals surface area contributed by atoms with E-state index in [-0.39, 0.29) is 49.9 Å². The molecule has 0 amide bonds. The van der Waals surface area contributed by atoms with Gasteiger partial charge in [-0.1, -0.05) is 24.3 Å². The SMILES string of the molecule is COCCOC(=O)C1=C(C)NC(C)=C(C(=O)OCCOc2ccc(CCO)cc2)C1c1cccc([N+](=O)[O-])c1. The highest BCUT2D eigenvalue weighted by Gasteiger charge is 2.38. The minimum Gasteiger partial charge on any atom is -0.490 e. The number of carbonyl (C=O) groups is 2. The highest BCUT2D eigenvalue weighted by Crippen LogP contribution is 2.40. The number of nitrogens with one attached hydrogen (secondary N) is 1. The summed E-state index contributed by atoms with van der Waals surface area (Å²) in [4.78, 5) is 37.4. The van der Waals surface area contributed by atoms with Gasteiger partial charge in [-0.15, -0.1) is 0 Å². The molecule has 3 rings (SSSR count). The summed E-state index contributed by atoms with van der Waals surface area (Å²) in [5.41, 5.74) is 2.33. The number of benzene rings is 2. The number of esters is 2. The average Bonchev–Trinajstić information content (AvgIpc) is 2.91. The maximum Gasteiger partial charge on any atom is 0.336 e. The van der Waals surface area contributed by atoms with Crippen molar-refractivity contribution < 1.29 is 38.6 Å². The lowest BCUT2D eigenvalue weighted by Gasteiger charge is -2.30. The molecule has 1 aliphatic rings. The molecule has 11 nitrogen and oxygen atoms in total. The van der Waals surface area contributed by atoms with E-state index in [1.807, 2.05) is 12.1 Å². The van der Waals surface area contributed by atoms with Gasteiger partial charge in [-0.2, -0.15) is 0 Å². The first-order valence-corrected chi connectivity index (χ1v) is 12.4. The van der Waals surface area contributed by atoms with Crippen molar-refractivity contribution >= 4 is 17.6 Å². The van der Waals surface area contributed by atoms with E-state index in [4.69, 9.17) is 24.1 Å². The van der Waals surface area contributed by atoms with Crippen LogP contribution in [-0.4, -0.2) is 62.1 Å². The van der Waals surface area contributed by atoms with Crippen molar-refractivity contribution in [3.8, 4) is 5.75 Å². The normalized spacial score (nSPS) is 15.0. The quantitative estimate of drug-likeness (QED) is 0.168. The van der Waals surface area contributed by atoms with E-state index >= 15 is 0 Å². The zero-order valence-corrected chi connectivity index (χ0v) is 22.1. The topological polar surface area (TPSA) is 146 Å². The molecule has 39 heavy (non-hydrogen) atoms. The Morgan fingerprint density at radius 2 is 1.56 bits per heavy atom. The molecule has 1 heterocycles. The summed E-state index contributed by atoms with van der Waals surface area (Å²) in [6, 6.07) is 13.0. The summed E-state index contributed by atoms with van der Waals surface area (Å²) in [7, 11) is 1.47. The minimum absolute atomic E-state index is 0.00539. The van der Waals surface area contributed by atoms with Crippen LogP contribution in [0, 0.1) is 10.1 Å². The van der Waals surface area contributed by atoms with Crippen molar-refractivity contribution in [2.75, 3.05) is 40.1 Å². The lowest BCUT2D eigenvalue weighted by Crippen LogP contribution is -2.33. The number of allylic oxidation sites excluding steroid dienone is 2. The monoisotopic (exact) mass is 540 g/mol. The van der Waals surface area contributed by atoms with Crippen molar-refractivity contribution in [2.24, 2.45) is 0 Å². The summed E-state index contributed by atoms with van der Waals surface area (Å²) < 4.78 is 21.5. The second-order valence-electron chi connectivity index (χ2n) is 8.72. The standard InChI is InChI=1S/C28H32N2O9/c1-18-24(27(32)38-14-13-36-3)26(21-5-4-6-22(17-21)30(34)35)25(19(2)29-18)28(33)39-16-15-37-23-9-7-20(8-10-23)11-12-31/h4-10,17,26,29,31H,11-16H2,1-3H3. The van der Waals surface area contributed by atoms with Crippen LogP contribution >= 0.6 is 0 Å². The van der Waals surface area contributed by atoms with Crippen LogP contribution in [0.15, 0.2) is 71.1 Å². The van der Waals surface area contributed by atoms with Crippen molar-refractivity contribution in [3.63, 3.8) is 0 Å². The maximum atomic E-state index is 13.3. The smallest absolute Gasteiger partial charge is 0.336 e. The van der Waals surface area contributed by atoms with Crippen molar-refractivity contribution in [3.05, 3.63) is 92.3 Å². The number of aliphatic hydroxyl groups excluding tert-OH is 1. The average molecular weight is 541 g/mol. The number of non-ortho nitro benzene ring substituents is 1. The number of ether oxygens (including phenoxy) is 4. The Hall–Kier alpha value is -4.22. The third kappa shape index (κ3) is 7.65. The van der Waals surface area contributed by atoms with E-state index in [1.54, 1.807) is 32.0 Å². The van der Waals surface area contributed by atoms with Gasteiger partial charge in [0.15, 0.2) is 0 Å². The number of rotatable bonds is 13. The van der Waals surface area contributed by atoms with E-state index in [0.29, 0.717) is 29.1 Å². The van der Waals surface area contributed by atoms with Crippen LogP contribution in [0.25, 0.3) is 0 Å². The van der Waals surface area contributed by atoms with Gasteiger partial charge < -0.3 is 29.4 Å². The fourth-order valence-electron chi connectivity index (χ4n) is 4.23. The Balaban J connectivity index is 1.82. The van der Waals surface area contributed by atoms with Crippen LogP contribution in [-0.2, 0) is 30.2 Å². The number of hydrogen-bond donors (Lipinski definition) is 2. The number of hydrogen-bond acceptors (Lipinski definition) is 10. The Morgan fingerprint density at radius 1 is 0.949 bits per heavy atom. The molecule has 208 valence electrons. The molecule has 2 N–H and O–H groups in total. The second-order valence-corrected chi connectivity index (χ2v) is 8.72. The van der Waals surface area contributed by atoms with Crippen LogP contribution < -0.4 is 10.1 Å². The zero-order chi connectivity index (χ0) is 28.4. The van der Waals surface area contributed by atoms with Gasteiger partial charge in [-0.05, 0) is 43.5 Å². The number of nitro groups is 1. The van der Waals surface area contributed by atoms with Crippen LogP contribution in [0.2, 0.25) is 0 Å². The maximum absolute atomic E-state index is 13.3. The number of nitrogens with zero attached hydrogens (tertiary/aromatic N) is 1. The van der Waals surface area contributed by atoms with Gasteiger partial charge in [-0.25, -0.2) is 9.59 Å². The first-order chi connectivity index (χ1) is 18.8. The number of carbonyl (C=O) groups excluding carboxylic acids is 2. The Labute approximate surface area is 226 Å². The van der Waals surface area contributed by atoms with Crippen LogP contribution in [0.5, 0.6) is 5.75 Å². The van der Waals surface area contributed by atoms with E-state index < -0.39 is 22.8 Å². The molecule has 1 atom stereocenters. The van der Waals surface area contributed by atoms with Gasteiger partial charge in [0.1, 0.15) is 25.6 Å². The van der Waals surface area contributed by atoms with Crippen molar-refractivity contribution in [2.45, 2.75) is 26.2 Å². The zero-order valence-electron chi connectivity index (χ0n) is 22.1. The summed E-state index contributed by atoms with van der Waals surface area (Å²) in [6.07, 6.45) is 0.544. The Kier molecular flexibility index (Phi) is 10.6. The molecule has 0 fully saturated rings. The molecule has 0 bridgehead atoms. The second kappa shape index (κ2) is 14.1. The van der Waals surface area contributed by atoms with Gasteiger partial charge in [0, 0.05) is 37.2 Å². The third-order valence-corrected chi connectivity index (χ3v) is 6.04. The molecule has 1 aliphatic heterocycles. The fraction of sp³-hybridized carbons (Fsp3) is 0.357. The van der Waals surface area contributed by atoms with E-state index in [1.165, 1.54) is 25.3 Å². The summed E-state index contributed by atoms with van der Waals surface area (Å²) in [5.74, 6) is -1.77. The first-order valence-electron chi connectivity index (χ1n) is 12.4. The van der Waals surface area contributed by atoms with Crippen LogP contribution in [0.4, 0.5) is 5.69 Å². The summed E-state index contributed by atoms with van der Waals surface area (Å²) in [5, 5.41) is 23.5. The molecule has 0 radical (unpaired) electrons. The molecule has 0 saturated carbocycles. The van der Waals surface area contributed by atoms with Crippen molar-refractivity contribution in [1.29, 1.82) is 0 Å². The third-order valence-electron chi connectivity index (χ3n) is 6.04. The lowest BCUT2D eigenvalue weighted by atomic mass is 9.80. The van der Waals surface area contributed by atoms with Crippen molar-refractivity contribution in [1.82, 2.24) is 5.32 Å². The number of aliphatic hydroxyl groups is 1. The van der Waals surface area contributed by atoms with Crippen LogP contribution in [0.3, 0.4) is 0 Å².